The second-order valence-electron chi connectivity index (χ2n) is 14.2. The van der Waals surface area contributed by atoms with Crippen molar-refractivity contribution >= 4 is 17.9 Å². The molecule has 0 radical (unpaired) electrons. The minimum absolute atomic E-state index is 0.0917. The molecule has 0 aromatic heterocycles. The Hall–Kier alpha value is -2.89. The fourth-order valence-corrected chi connectivity index (χ4v) is 5.72. The SMILES string of the molecule is CC/C=C\C/C=C\C/C=C\CCCCCC(=O)OC(COC(=O)CCCCCCCC)COC(=O)CCCCCCC/C=C\C/C=C\CCCCCC. The monoisotopic (exact) mass is 741 g/mol. The third-order valence-electron chi connectivity index (χ3n) is 9.01. The summed E-state index contributed by atoms with van der Waals surface area (Å²) in [4.78, 5) is 37.5. The maximum Gasteiger partial charge on any atom is 0.306 e. The van der Waals surface area contributed by atoms with Gasteiger partial charge in [-0.2, -0.15) is 0 Å². The molecule has 0 heterocycles. The van der Waals surface area contributed by atoms with Crippen molar-refractivity contribution < 1.29 is 28.6 Å². The molecule has 0 rings (SSSR count). The molecule has 0 aliphatic rings. The van der Waals surface area contributed by atoms with Crippen molar-refractivity contribution in [2.45, 2.75) is 207 Å². The summed E-state index contributed by atoms with van der Waals surface area (Å²) in [6.07, 6.45) is 49.4. The van der Waals surface area contributed by atoms with Gasteiger partial charge in [-0.05, 0) is 83.5 Å². The van der Waals surface area contributed by atoms with Crippen LogP contribution >= 0.6 is 0 Å². The van der Waals surface area contributed by atoms with Gasteiger partial charge in [0.05, 0.1) is 0 Å². The largest absolute Gasteiger partial charge is 0.462 e. The topological polar surface area (TPSA) is 78.9 Å². The summed E-state index contributed by atoms with van der Waals surface area (Å²) in [5, 5.41) is 0. The molecular weight excluding hydrogens is 661 g/mol. The predicted octanol–water partition coefficient (Wildman–Crippen LogP) is 13.7. The molecule has 6 nitrogen and oxygen atoms in total. The van der Waals surface area contributed by atoms with Crippen LogP contribution in [0, 0.1) is 0 Å². The van der Waals surface area contributed by atoms with Gasteiger partial charge < -0.3 is 14.2 Å². The van der Waals surface area contributed by atoms with E-state index < -0.39 is 6.10 Å². The number of carbonyl (C=O) groups excluding carboxylic acids is 3. The number of hydrogen-bond acceptors (Lipinski definition) is 6. The first-order chi connectivity index (χ1) is 26.0. The van der Waals surface area contributed by atoms with Crippen molar-refractivity contribution in [3.63, 3.8) is 0 Å². The lowest BCUT2D eigenvalue weighted by Crippen LogP contribution is -2.30. The van der Waals surface area contributed by atoms with E-state index in [1.54, 1.807) is 0 Å². The third kappa shape index (κ3) is 40.1. The first-order valence-electron chi connectivity index (χ1n) is 21.8. The van der Waals surface area contributed by atoms with E-state index in [1.165, 1.54) is 57.8 Å². The van der Waals surface area contributed by atoms with E-state index in [2.05, 4.69) is 81.5 Å². The van der Waals surface area contributed by atoms with Gasteiger partial charge in [0.1, 0.15) is 13.2 Å². The second kappa shape index (κ2) is 41.9. The molecule has 0 fully saturated rings. The fraction of sp³-hybridized carbons (Fsp3) is 0.723. The molecule has 0 bridgehead atoms. The van der Waals surface area contributed by atoms with E-state index in [0.717, 1.165) is 103 Å². The van der Waals surface area contributed by atoms with Crippen molar-refractivity contribution in [2.24, 2.45) is 0 Å². The molecule has 0 amide bonds. The van der Waals surface area contributed by atoms with Gasteiger partial charge in [0.15, 0.2) is 6.10 Å². The Morgan fingerprint density at radius 3 is 1.19 bits per heavy atom. The molecule has 304 valence electrons. The van der Waals surface area contributed by atoms with Crippen LogP contribution < -0.4 is 0 Å². The smallest absolute Gasteiger partial charge is 0.306 e. The fourth-order valence-electron chi connectivity index (χ4n) is 5.72. The average molecular weight is 741 g/mol. The van der Waals surface area contributed by atoms with Crippen LogP contribution in [0.3, 0.4) is 0 Å². The molecule has 6 heteroatoms. The van der Waals surface area contributed by atoms with E-state index in [0.29, 0.717) is 19.3 Å². The van der Waals surface area contributed by atoms with Gasteiger partial charge in [0.25, 0.3) is 0 Å². The number of carbonyl (C=O) groups is 3. The Balaban J connectivity index is 4.36. The molecule has 0 aliphatic carbocycles. The van der Waals surface area contributed by atoms with Crippen LogP contribution in [0.1, 0.15) is 201 Å². The van der Waals surface area contributed by atoms with Gasteiger partial charge in [-0.15, -0.1) is 0 Å². The lowest BCUT2D eigenvalue weighted by Gasteiger charge is -2.18. The highest BCUT2D eigenvalue weighted by Gasteiger charge is 2.19. The first kappa shape index (κ1) is 50.1. The minimum atomic E-state index is -0.789. The summed E-state index contributed by atoms with van der Waals surface area (Å²) in [5.41, 5.74) is 0. The van der Waals surface area contributed by atoms with Crippen LogP contribution in [0.25, 0.3) is 0 Å². The van der Waals surface area contributed by atoms with E-state index in [1.807, 2.05) is 0 Å². The Kier molecular flexibility index (Phi) is 39.6. The van der Waals surface area contributed by atoms with Crippen molar-refractivity contribution in [1.29, 1.82) is 0 Å². The molecule has 0 spiro atoms. The highest BCUT2D eigenvalue weighted by molar-refractivity contribution is 5.71. The number of ether oxygens (including phenoxy) is 3. The van der Waals surface area contributed by atoms with Crippen molar-refractivity contribution in [1.82, 2.24) is 0 Å². The number of rotatable bonds is 38. The highest BCUT2D eigenvalue weighted by Crippen LogP contribution is 2.12. The zero-order valence-corrected chi connectivity index (χ0v) is 34.5. The van der Waals surface area contributed by atoms with Gasteiger partial charge in [0, 0.05) is 19.3 Å². The molecule has 0 saturated carbocycles. The predicted molar refractivity (Wildman–Crippen MR) is 224 cm³/mol. The van der Waals surface area contributed by atoms with Crippen LogP contribution in [-0.4, -0.2) is 37.2 Å². The lowest BCUT2D eigenvalue weighted by atomic mass is 10.1. The third-order valence-corrected chi connectivity index (χ3v) is 9.01. The number of esters is 3. The summed E-state index contributed by atoms with van der Waals surface area (Å²) < 4.78 is 16.6. The molecule has 0 aromatic carbocycles. The number of unbranched alkanes of at least 4 members (excludes halogenated alkanes) is 17. The van der Waals surface area contributed by atoms with Crippen LogP contribution in [0.2, 0.25) is 0 Å². The minimum Gasteiger partial charge on any atom is -0.462 e. The normalized spacial score (nSPS) is 12.6. The summed E-state index contributed by atoms with van der Waals surface area (Å²) in [5.74, 6) is -0.951. The molecule has 0 aliphatic heterocycles. The Bertz CT molecular complexity index is 991. The maximum absolute atomic E-state index is 12.6. The molecule has 53 heavy (non-hydrogen) atoms. The van der Waals surface area contributed by atoms with Gasteiger partial charge in [-0.3, -0.25) is 14.4 Å². The molecular formula is C47H80O6. The Labute approximate surface area is 326 Å². The van der Waals surface area contributed by atoms with Crippen LogP contribution in [-0.2, 0) is 28.6 Å². The van der Waals surface area contributed by atoms with E-state index in [9.17, 15) is 14.4 Å². The number of hydrogen-bond donors (Lipinski definition) is 0. The second-order valence-corrected chi connectivity index (χ2v) is 14.2. The van der Waals surface area contributed by atoms with Crippen molar-refractivity contribution in [3.8, 4) is 0 Å². The summed E-state index contributed by atoms with van der Waals surface area (Å²) in [7, 11) is 0. The quantitative estimate of drug-likeness (QED) is 0.0271. The highest BCUT2D eigenvalue weighted by atomic mass is 16.6. The average Bonchev–Trinajstić information content (AvgIpc) is 3.15. The van der Waals surface area contributed by atoms with E-state index in [-0.39, 0.29) is 31.1 Å². The summed E-state index contributed by atoms with van der Waals surface area (Å²) in [6.45, 7) is 6.38. The molecule has 0 aromatic rings. The van der Waals surface area contributed by atoms with Gasteiger partial charge in [-0.25, -0.2) is 0 Å². The van der Waals surface area contributed by atoms with E-state index in [4.69, 9.17) is 14.2 Å². The lowest BCUT2D eigenvalue weighted by molar-refractivity contribution is -0.167. The van der Waals surface area contributed by atoms with Crippen LogP contribution in [0.15, 0.2) is 60.8 Å². The van der Waals surface area contributed by atoms with Crippen LogP contribution in [0.5, 0.6) is 0 Å². The molecule has 0 saturated heterocycles. The Morgan fingerprint density at radius 2 is 0.736 bits per heavy atom. The summed E-state index contributed by atoms with van der Waals surface area (Å²) >= 11 is 0. The van der Waals surface area contributed by atoms with Gasteiger partial charge >= 0.3 is 17.9 Å². The first-order valence-corrected chi connectivity index (χ1v) is 21.8. The molecule has 0 N–H and O–H groups in total. The Morgan fingerprint density at radius 1 is 0.396 bits per heavy atom. The zero-order chi connectivity index (χ0) is 38.7. The standard InChI is InChI=1S/C47H80O6/c1-4-7-10-13-16-18-20-22-23-24-26-27-29-31-34-37-40-46(49)52-43-44(42-51-45(48)39-36-33-15-12-9-6-3)53-47(50)41-38-35-32-30-28-25-21-19-17-14-11-8-5-2/h8,11,17-20,23-25,28,44H,4-7,9-10,12-16,21-22,26-27,29-43H2,1-3H3/b11-8-,19-17-,20-18-,24-23-,28-25-. The molecule has 1 atom stereocenters. The maximum atomic E-state index is 12.6. The van der Waals surface area contributed by atoms with Crippen LogP contribution in [0.4, 0.5) is 0 Å². The molecule has 1 unspecified atom stereocenters. The van der Waals surface area contributed by atoms with E-state index >= 15 is 0 Å². The number of allylic oxidation sites excluding steroid dienone is 10. The summed E-state index contributed by atoms with van der Waals surface area (Å²) in [6, 6.07) is 0. The zero-order valence-electron chi connectivity index (χ0n) is 34.5. The van der Waals surface area contributed by atoms with Gasteiger partial charge in [-0.1, -0.05) is 159 Å². The van der Waals surface area contributed by atoms with Crippen molar-refractivity contribution in [3.05, 3.63) is 60.8 Å². The van der Waals surface area contributed by atoms with Gasteiger partial charge in [0.2, 0.25) is 0 Å². The van der Waals surface area contributed by atoms with Crippen molar-refractivity contribution in [2.75, 3.05) is 13.2 Å².